The molecule has 1 N–H and O–H groups in total. The average molecular weight is 433 g/mol. The Kier molecular flexibility index (Phi) is 5.61. The van der Waals surface area contributed by atoms with Crippen LogP contribution in [0, 0.1) is 6.92 Å². The Bertz CT molecular complexity index is 1170. The molecule has 1 fully saturated rings. The van der Waals surface area contributed by atoms with Gasteiger partial charge in [0.2, 0.25) is 0 Å². The van der Waals surface area contributed by atoms with Gasteiger partial charge in [-0.1, -0.05) is 0 Å². The highest BCUT2D eigenvalue weighted by Gasteiger charge is 2.32. The number of ether oxygens (including phenoxy) is 1. The number of pyridine rings is 1. The van der Waals surface area contributed by atoms with E-state index < -0.39 is 9.84 Å². The topological polar surface area (TPSA) is 116 Å². The lowest BCUT2D eigenvalue weighted by Crippen LogP contribution is -2.26. The van der Waals surface area contributed by atoms with Crippen molar-refractivity contribution in [2.45, 2.75) is 25.8 Å². The zero-order chi connectivity index (χ0) is 21.3. The Morgan fingerprint density at radius 1 is 1.40 bits per heavy atom. The van der Waals surface area contributed by atoms with Crippen molar-refractivity contribution in [1.29, 1.82) is 0 Å². The lowest BCUT2D eigenvalue weighted by atomic mass is 10.2. The molecule has 30 heavy (non-hydrogen) atoms. The molecule has 3 aromatic heterocycles. The Balaban J connectivity index is 1.80. The maximum atomic E-state index is 12.9. The predicted molar refractivity (Wildman–Crippen MR) is 111 cm³/mol. The van der Waals surface area contributed by atoms with Gasteiger partial charge in [0.15, 0.2) is 21.3 Å². The third-order valence-corrected chi connectivity index (χ3v) is 6.98. The third kappa shape index (κ3) is 3.97. The number of nitrogens with one attached hydrogen (secondary N) is 1. The maximum absolute atomic E-state index is 12.9. The van der Waals surface area contributed by atoms with Gasteiger partial charge in [-0.05, 0) is 38.0 Å². The van der Waals surface area contributed by atoms with Crippen molar-refractivity contribution in [2.24, 2.45) is 0 Å². The number of nitrogens with zero attached hydrogens (tertiary/aromatic N) is 3. The number of sulfone groups is 1. The second-order valence-electron chi connectivity index (χ2n) is 7.39. The molecule has 1 atom stereocenters. The minimum atomic E-state index is -3.08. The molecular formula is C20H24N4O5S. The summed E-state index contributed by atoms with van der Waals surface area (Å²) in [4.78, 5) is 22.0. The van der Waals surface area contributed by atoms with Crippen LogP contribution in [0.2, 0.25) is 0 Å². The standard InChI is InChI=1S/C20H24N4O5S/c1-13-22-18-16(24(13)14-6-10-30(26,27)12-14)11-15(17-5-3-9-29-17)23-19(18)20(25)21-7-4-8-28-2/h3,5,9,11,14H,4,6-8,10,12H2,1-2H3,(H,21,25). The van der Waals surface area contributed by atoms with Crippen LogP contribution in [-0.2, 0) is 14.6 Å². The summed E-state index contributed by atoms with van der Waals surface area (Å²) >= 11 is 0. The first kappa shape index (κ1) is 20.5. The van der Waals surface area contributed by atoms with Crippen molar-refractivity contribution in [1.82, 2.24) is 19.9 Å². The van der Waals surface area contributed by atoms with Crippen molar-refractivity contribution in [2.75, 3.05) is 31.8 Å². The largest absolute Gasteiger partial charge is 0.463 e. The molecule has 1 saturated heterocycles. The number of aromatic nitrogens is 3. The molecule has 4 rings (SSSR count). The summed E-state index contributed by atoms with van der Waals surface area (Å²) in [6, 6.07) is 5.10. The van der Waals surface area contributed by atoms with Gasteiger partial charge in [0.05, 0.1) is 29.3 Å². The minimum absolute atomic E-state index is 0.0657. The number of methoxy groups -OCH3 is 1. The summed E-state index contributed by atoms with van der Waals surface area (Å²) in [5, 5.41) is 2.85. The maximum Gasteiger partial charge on any atom is 0.272 e. The number of imidazole rings is 1. The summed E-state index contributed by atoms with van der Waals surface area (Å²) in [5.41, 5.74) is 1.82. The van der Waals surface area contributed by atoms with Gasteiger partial charge in [0.25, 0.3) is 5.91 Å². The second-order valence-corrected chi connectivity index (χ2v) is 9.62. The second kappa shape index (κ2) is 8.19. The fourth-order valence-electron chi connectivity index (χ4n) is 3.86. The molecular weight excluding hydrogens is 408 g/mol. The van der Waals surface area contributed by atoms with Crippen LogP contribution in [0.15, 0.2) is 28.9 Å². The van der Waals surface area contributed by atoms with E-state index in [4.69, 9.17) is 9.15 Å². The van der Waals surface area contributed by atoms with Gasteiger partial charge in [-0.15, -0.1) is 0 Å². The van der Waals surface area contributed by atoms with Crippen LogP contribution in [0.3, 0.4) is 0 Å². The van der Waals surface area contributed by atoms with Gasteiger partial charge >= 0.3 is 0 Å². The summed E-state index contributed by atoms with van der Waals surface area (Å²) in [5.74, 6) is 1.05. The number of aryl methyl sites for hydroxylation is 1. The highest BCUT2D eigenvalue weighted by molar-refractivity contribution is 7.91. The van der Waals surface area contributed by atoms with Crippen molar-refractivity contribution in [3.8, 4) is 11.5 Å². The number of hydrogen-bond acceptors (Lipinski definition) is 7. The molecule has 1 amide bonds. The SMILES string of the molecule is COCCCNC(=O)c1nc(-c2ccco2)cc2c1nc(C)n2C1CCS(=O)(=O)C1. The predicted octanol–water partition coefficient (Wildman–Crippen LogP) is 2.13. The van der Waals surface area contributed by atoms with Crippen molar-refractivity contribution in [3.63, 3.8) is 0 Å². The lowest BCUT2D eigenvalue weighted by molar-refractivity contribution is 0.0945. The molecule has 4 heterocycles. The molecule has 9 nitrogen and oxygen atoms in total. The Morgan fingerprint density at radius 2 is 2.23 bits per heavy atom. The number of carbonyl (C=O) groups excluding carboxylic acids is 1. The summed E-state index contributed by atoms with van der Waals surface area (Å²) in [7, 11) is -1.47. The van der Waals surface area contributed by atoms with E-state index >= 15 is 0 Å². The summed E-state index contributed by atoms with van der Waals surface area (Å²) in [6.07, 6.45) is 2.74. The molecule has 160 valence electrons. The monoisotopic (exact) mass is 432 g/mol. The van der Waals surface area contributed by atoms with Gasteiger partial charge < -0.3 is 19.0 Å². The van der Waals surface area contributed by atoms with E-state index in [2.05, 4.69) is 15.3 Å². The van der Waals surface area contributed by atoms with Crippen LogP contribution in [0.1, 0.15) is 35.2 Å². The van der Waals surface area contributed by atoms with Crippen LogP contribution >= 0.6 is 0 Å². The molecule has 1 unspecified atom stereocenters. The lowest BCUT2D eigenvalue weighted by Gasteiger charge is -2.14. The zero-order valence-corrected chi connectivity index (χ0v) is 17.7. The zero-order valence-electron chi connectivity index (χ0n) is 16.9. The van der Waals surface area contributed by atoms with E-state index in [-0.39, 0.29) is 29.1 Å². The number of rotatable bonds is 7. The molecule has 1 aliphatic heterocycles. The highest BCUT2D eigenvalue weighted by atomic mass is 32.2. The van der Waals surface area contributed by atoms with Gasteiger partial charge in [-0.2, -0.15) is 0 Å². The summed E-state index contributed by atoms with van der Waals surface area (Å²) < 4.78 is 36.5. The quantitative estimate of drug-likeness (QED) is 0.569. The Hall–Kier alpha value is -2.72. The molecule has 0 saturated carbocycles. The molecule has 0 bridgehead atoms. The van der Waals surface area contributed by atoms with Gasteiger partial charge in [-0.25, -0.2) is 18.4 Å². The molecule has 3 aromatic rings. The Morgan fingerprint density at radius 3 is 2.90 bits per heavy atom. The number of fused-ring (bicyclic) bond motifs is 1. The highest BCUT2D eigenvalue weighted by Crippen LogP contribution is 2.32. The number of furan rings is 1. The fraction of sp³-hybridized carbons (Fsp3) is 0.450. The minimum Gasteiger partial charge on any atom is -0.463 e. The van der Waals surface area contributed by atoms with E-state index in [0.29, 0.717) is 54.3 Å². The van der Waals surface area contributed by atoms with Crippen LogP contribution in [-0.4, -0.2) is 60.6 Å². The van der Waals surface area contributed by atoms with Gasteiger partial charge in [-0.3, -0.25) is 4.79 Å². The van der Waals surface area contributed by atoms with Crippen LogP contribution in [0.25, 0.3) is 22.5 Å². The number of hydrogen-bond donors (Lipinski definition) is 1. The molecule has 0 spiro atoms. The third-order valence-electron chi connectivity index (χ3n) is 5.23. The van der Waals surface area contributed by atoms with Crippen LogP contribution < -0.4 is 5.32 Å². The Labute approximate surface area is 174 Å². The van der Waals surface area contributed by atoms with Crippen LogP contribution in [0.4, 0.5) is 0 Å². The van der Waals surface area contributed by atoms with E-state index in [1.807, 2.05) is 11.5 Å². The molecule has 10 heteroatoms. The van der Waals surface area contributed by atoms with Gasteiger partial charge in [0.1, 0.15) is 17.0 Å². The number of carbonyl (C=O) groups is 1. The average Bonchev–Trinajstić information content (AvgIpc) is 3.42. The molecule has 0 aliphatic carbocycles. The summed E-state index contributed by atoms with van der Waals surface area (Å²) in [6.45, 7) is 2.80. The molecule has 0 radical (unpaired) electrons. The van der Waals surface area contributed by atoms with Crippen LogP contribution in [0.5, 0.6) is 0 Å². The van der Waals surface area contributed by atoms with Crippen molar-refractivity contribution >= 4 is 26.8 Å². The van der Waals surface area contributed by atoms with E-state index in [0.717, 1.165) is 0 Å². The smallest absolute Gasteiger partial charge is 0.272 e. The first-order valence-electron chi connectivity index (χ1n) is 9.80. The number of amides is 1. The van der Waals surface area contributed by atoms with Gasteiger partial charge in [0, 0.05) is 20.3 Å². The fourth-order valence-corrected chi connectivity index (χ4v) is 5.56. The van der Waals surface area contributed by atoms with Crippen molar-refractivity contribution < 1.29 is 22.4 Å². The first-order chi connectivity index (χ1) is 14.4. The first-order valence-corrected chi connectivity index (χ1v) is 11.6. The molecule has 1 aliphatic rings. The normalized spacial score (nSPS) is 18.1. The van der Waals surface area contributed by atoms with Crippen molar-refractivity contribution in [3.05, 3.63) is 36.0 Å². The van der Waals surface area contributed by atoms with E-state index in [9.17, 15) is 13.2 Å². The van der Waals surface area contributed by atoms with E-state index in [1.54, 1.807) is 25.3 Å². The van der Waals surface area contributed by atoms with E-state index in [1.165, 1.54) is 6.26 Å². The molecule has 0 aromatic carbocycles.